The number of carboxylic acid groups (broad SMARTS) is 1. The molecule has 0 spiro atoms. The van der Waals surface area contributed by atoms with Gasteiger partial charge >= 0.3 is 12.1 Å². The summed E-state index contributed by atoms with van der Waals surface area (Å²) in [6.07, 6.45) is -0.118. The summed E-state index contributed by atoms with van der Waals surface area (Å²) < 4.78 is 10.6. The number of rotatable bonds is 7. The molecule has 2 N–H and O–H groups in total. The predicted octanol–water partition coefficient (Wildman–Crippen LogP) is 6.46. The molecule has 0 fully saturated rings. The monoisotopic (exact) mass is 476 g/mol. The number of ether oxygens (including phenoxy) is 1. The summed E-state index contributed by atoms with van der Waals surface area (Å²) in [6, 6.07) is 21.5. The summed E-state index contributed by atoms with van der Waals surface area (Å²) in [5.74, 6) is -0.517. The molecule has 172 valence electrons. The molecule has 7 nitrogen and oxygen atoms in total. The van der Waals surface area contributed by atoms with Crippen LogP contribution in [0.1, 0.15) is 21.7 Å². The SMILES string of the molecule is Cc1onc(-c2ccc(-c3ccc(C(=O)O)cc3)cc2)c1NC(=O)OCCc1ccccc1Cl. The lowest BCUT2D eigenvalue weighted by Crippen LogP contribution is -2.16. The topological polar surface area (TPSA) is 102 Å². The van der Waals surface area contributed by atoms with E-state index in [1.165, 1.54) is 0 Å². The number of benzene rings is 3. The molecule has 0 saturated carbocycles. The minimum absolute atomic E-state index is 0.171. The summed E-state index contributed by atoms with van der Waals surface area (Å²) in [7, 11) is 0. The first-order valence-corrected chi connectivity index (χ1v) is 10.9. The highest BCUT2D eigenvalue weighted by atomic mass is 35.5. The summed E-state index contributed by atoms with van der Waals surface area (Å²) in [6.45, 7) is 1.87. The Labute approximate surface area is 200 Å². The fourth-order valence-electron chi connectivity index (χ4n) is 3.44. The quantitative estimate of drug-likeness (QED) is 0.317. The molecular formula is C26H21ClN2O5. The highest BCUT2D eigenvalue weighted by Crippen LogP contribution is 2.32. The molecule has 0 radical (unpaired) electrons. The second-order valence-electron chi connectivity index (χ2n) is 7.52. The number of amides is 1. The average Bonchev–Trinajstić information content (AvgIpc) is 3.20. The maximum absolute atomic E-state index is 12.4. The van der Waals surface area contributed by atoms with Crippen LogP contribution >= 0.6 is 11.6 Å². The van der Waals surface area contributed by atoms with Crippen molar-refractivity contribution in [3.8, 4) is 22.4 Å². The highest BCUT2D eigenvalue weighted by molar-refractivity contribution is 6.31. The van der Waals surface area contributed by atoms with Crippen LogP contribution in [0.15, 0.2) is 77.3 Å². The highest BCUT2D eigenvalue weighted by Gasteiger charge is 2.18. The summed E-state index contributed by atoms with van der Waals surface area (Å²) in [4.78, 5) is 23.4. The van der Waals surface area contributed by atoms with Gasteiger partial charge in [0, 0.05) is 17.0 Å². The second-order valence-corrected chi connectivity index (χ2v) is 7.93. The van der Waals surface area contributed by atoms with Crippen molar-refractivity contribution in [1.29, 1.82) is 0 Å². The zero-order valence-corrected chi connectivity index (χ0v) is 19.0. The van der Waals surface area contributed by atoms with Gasteiger partial charge in [-0.3, -0.25) is 5.32 Å². The van der Waals surface area contributed by atoms with Gasteiger partial charge in [-0.2, -0.15) is 0 Å². The number of aryl methyl sites for hydroxylation is 1. The molecule has 0 aliphatic heterocycles. The smallest absolute Gasteiger partial charge is 0.411 e. The van der Waals surface area contributed by atoms with Crippen LogP contribution < -0.4 is 5.32 Å². The van der Waals surface area contributed by atoms with Gasteiger partial charge in [-0.1, -0.05) is 71.4 Å². The van der Waals surface area contributed by atoms with Crippen LogP contribution in [-0.4, -0.2) is 28.9 Å². The Morgan fingerprint density at radius 2 is 1.59 bits per heavy atom. The van der Waals surface area contributed by atoms with E-state index >= 15 is 0 Å². The summed E-state index contributed by atoms with van der Waals surface area (Å²) >= 11 is 6.13. The van der Waals surface area contributed by atoms with E-state index in [-0.39, 0.29) is 12.2 Å². The van der Waals surface area contributed by atoms with Crippen LogP contribution in [0.4, 0.5) is 10.5 Å². The van der Waals surface area contributed by atoms with Gasteiger partial charge in [-0.05, 0) is 41.8 Å². The molecule has 1 heterocycles. The molecule has 0 bridgehead atoms. The van der Waals surface area contributed by atoms with Crippen LogP contribution in [0.2, 0.25) is 5.02 Å². The normalized spacial score (nSPS) is 10.6. The number of hydrogen-bond donors (Lipinski definition) is 2. The summed E-state index contributed by atoms with van der Waals surface area (Å²) in [5, 5.41) is 16.5. The lowest BCUT2D eigenvalue weighted by atomic mass is 10.0. The number of carbonyl (C=O) groups is 2. The van der Waals surface area contributed by atoms with E-state index in [0.717, 1.165) is 22.3 Å². The Kier molecular flexibility index (Phi) is 6.94. The molecule has 8 heteroatoms. The first-order valence-electron chi connectivity index (χ1n) is 10.5. The Balaban J connectivity index is 1.43. The van der Waals surface area contributed by atoms with Crippen molar-refractivity contribution >= 4 is 29.4 Å². The molecule has 0 atom stereocenters. The van der Waals surface area contributed by atoms with Crippen molar-refractivity contribution in [2.24, 2.45) is 0 Å². The molecule has 34 heavy (non-hydrogen) atoms. The van der Waals surface area contributed by atoms with Gasteiger partial charge < -0.3 is 14.4 Å². The van der Waals surface area contributed by atoms with Crippen molar-refractivity contribution in [2.45, 2.75) is 13.3 Å². The fraction of sp³-hybridized carbons (Fsp3) is 0.115. The number of anilines is 1. The number of halogens is 1. The van der Waals surface area contributed by atoms with Gasteiger partial charge in [0.2, 0.25) is 0 Å². The predicted molar refractivity (Wildman–Crippen MR) is 129 cm³/mol. The van der Waals surface area contributed by atoms with Crippen LogP contribution in [0.3, 0.4) is 0 Å². The average molecular weight is 477 g/mol. The lowest BCUT2D eigenvalue weighted by Gasteiger charge is -2.09. The van der Waals surface area contributed by atoms with Crippen molar-refractivity contribution < 1.29 is 24.0 Å². The minimum Gasteiger partial charge on any atom is -0.478 e. The first-order chi connectivity index (χ1) is 16.4. The van der Waals surface area contributed by atoms with Crippen LogP contribution in [0.25, 0.3) is 22.4 Å². The van der Waals surface area contributed by atoms with Gasteiger partial charge in [0.1, 0.15) is 11.4 Å². The Morgan fingerprint density at radius 3 is 2.24 bits per heavy atom. The Bertz CT molecular complexity index is 1310. The molecule has 0 saturated heterocycles. The van der Waals surface area contributed by atoms with E-state index in [1.54, 1.807) is 37.3 Å². The standard InChI is InChI=1S/C26H21ClN2O5/c1-16-23(28-26(32)33-15-14-19-4-2-3-5-22(19)27)24(29-34-16)20-10-6-17(7-11-20)18-8-12-21(13-9-18)25(30)31/h2-13H,14-15H2,1H3,(H,28,32)(H,30,31). The lowest BCUT2D eigenvalue weighted by molar-refractivity contribution is 0.0697. The third kappa shape index (κ3) is 5.27. The van der Waals surface area contributed by atoms with E-state index in [1.807, 2.05) is 42.5 Å². The minimum atomic E-state index is -0.967. The molecule has 3 aromatic carbocycles. The van der Waals surface area contributed by atoms with Crippen LogP contribution in [-0.2, 0) is 11.2 Å². The molecule has 1 amide bonds. The van der Waals surface area contributed by atoms with Crippen LogP contribution in [0.5, 0.6) is 0 Å². The number of nitrogens with one attached hydrogen (secondary N) is 1. The third-order valence-corrected chi connectivity index (χ3v) is 5.64. The van der Waals surface area contributed by atoms with Crippen molar-refractivity contribution in [2.75, 3.05) is 11.9 Å². The number of hydrogen-bond acceptors (Lipinski definition) is 5. The van der Waals surface area contributed by atoms with E-state index in [9.17, 15) is 9.59 Å². The first kappa shape index (κ1) is 23.1. The number of nitrogens with zero attached hydrogens (tertiary/aromatic N) is 1. The molecule has 1 aromatic heterocycles. The number of aromatic nitrogens is 1. The van der Waals surface area contributed by atoms with Gasteiger partial charge in [0.05, 0.1) is 12.2 Å². The van der Waals surface area contributed by atoms with E-state index in [0.29, 0.717) is 28.6 Å². The largest absolute Gasteiger partial charge is 0.478 e. The zero-order chi connectivity index (χ0) is 24.1. The maximum Gasteiger partial charge on any atom is 0.411 e. The van der Waals surface area contributed by atoms with E-state index < -0.39 is 12.1 Å². The van der Waals surface area contributed by atoms with Crippen molar-refractivity contribution in [3.63, 3.8) is 0 Å². The molecule has 0 aliphatic carbocycles. The maximum atomic E-state index is 12.4. The molecule has 0 unspecified atom stereocenters. The molecule has 0 aliphatic rings. The third-order valence-electron chi connectivity index (χ3n) is 5.28. The second kappa shape index (κ2) is 10.2. The van der Waals surface area contributed by atoms with E-state index in [2.05, 4.69) is 10.5 Å². The van der Waals surface area contributed by atoms with Gasteiger partial charge in [-0.25, -0.2) is 9.59 Å². The van der Waals surface area contributed by atoms with Crippen molar-refractivity contribution in [3.05, 3.63) is 94.7 Å². The molecular weight excluding hydrogens is 456 g/mol. The number of carboxylic acids is 1. The fourth-order valence-corrected chi connectivity index (χ4v) is 3.67. The molecule has 4 rings (SSSR count). The molecule has 4 aromatic rings. The Hall–Kier alpha value is -4.10. The number of aromatic carboxylic acids is 1. The Morgan fingerprint density at radius 1 is 0.971 bits per heavy atom. The van der Waals surface area contributed by atoms with E-state index in [4.69, 9.17) is 26.0 Å². The van der Waals surface area contributed by atoms with Gasteiger partial charge in [0.25, 0.3) is 0 Å². The van der Waals surface area contributed by atoms with Crippen LogP contribution in [0, 0.1) is 6.92 Å². The summed E-state index contributed by atoms with van der Waals surface area (Å²) in [5.41, 5.74) is 4.58. The number of carbonyl (C=O) groups excluding carboxylic acids is 1. The van der Waals surface area contributed by atoms with Gasteiger partial charge in [0.15, 0.2) is 5.76 Å². The van der Waals surface area contributed by atoms with Gasteiger partial charge in [-0.15, -0.1) is 0 Å². The zero-order valence-electron chi connectivity index (χ0n) is 18.2. The van der Waals surface area contributed by atoms with Crippen molar-refractivity contribution in [1.82, 2.24) is 5.16 Å².